The van der Waals surface area contributed by atoms with Crippen LogP contribution >= 0.6 is 0 Å². The van der Waals surface area contributed by atoms with Gasteiger partial charge in [-0.15, -0.1) is 0 Å². The van der Waals surface area contributed by atoms with E-state index in [0.717, 1.165) is 25.3 Å². The summed E-state index contributed by atoms with van der Waals surface area (Å²) in [6.45, 7) is 3.81. The molecule has 1 unspecified atom stereocenters. The quantitative estimate of drug-likeness (QED) is 0.678. The number of rotatable bonds is 6. The van der Waals surface area contributed by atoms with E-state index in [4.69, 9.17) is 4.74 Å². The number of nitrogens with one attached hydrogen (secondary N) is 2. The number of nitrogens with zero attached hydrogens (tertiary/aromatic N) is 1. The molecule has 0 aliphatic heterocycles. The van der Waals surface area contributed by atoms with Gasteiger partial charge >= 0.3 is 0 Å². The zero-order chi connectivity index (χ0) is 9.52. The van der Waals surface area contributed by atoms with Gasteiger partial charge in [0.1, 0.15) is 0 Å². The maximum atomic E-state index is 5.01. The minimum absolute atomic E-state index is 0.410. The number of aromatic amines is 1. The van der Waals surface area contributed by atoms with E-state index < -0.39 is 0 Å². The number of methoxy groups -OCH3 is 1. The van der Waals surface area contributed by atoms with Crippen molar-refractivity contribution in [1.29, 1.82) is 0 Å². The van der Waals surface area contributed by atoms with Crippen molar-refractivity contribution >= 4 is 0 Å². The molecule has 0 aliphatic rings. The van der Waals surface area contributed by atoms with Gasteiger partial charge in [0, 0.05) is 38.0 Å². The fourth-order valence-corrected chi connectivity index (χ4v) is 1.18. The van der Waals surface area contributed by atoms with Gasteiger partial charge in [-0.05, 0) is 6.92 Å². The third-order valence-electron chi connectivity index (χ3n) is 1.86. The molecule has 1 atom stereocenters. The molecule has 13 heavy (non-hydrogen) atoms. The van der Waals surface area contributed by atoms with Crippen molar-refractivity contribution in [3.63, 3.8) is 0 Å². The van der Waals surface area contributed by atoms with E-state index in [1.165, 1.54) is 0 Å². The first-order chi connectivity index (χ1) is 6.33. The summed E-state index contributed by atoms with van der Waals surface area (Å²) in [7, 11) is 1.72. The number of aromatic nitrogens is 2. The molecule has 1 heterocycles. The minimum atomic E-state index is 0.410. The van der Waals surface area contributed by atoms with Crippen molar-refractivity contribution in [2.75, 3.05) is 20.3 Å². The van der Waals surface area contributed by atoms with Crippen LogP contribution in [0.25, 0.3) is 0 Å². The maximum Gasteiger partial charge on any atom is 0.0921 e. The Hall–Kier alpha value is -0.870. The molecule has 0 radical (unpaired) electrons. The lowest BCUT2D eigenvalue weighted by atomic mass is 10.3. The van der Waals surface area contributed by atoms with Crippen LogP contribution in [-0.4, -0.2) is 36.3 Å². The van der Waals surface area contributed by atoms with Gasteiger partial charge in [-0.25, -0.2) is 4.98 Å². The molecular formula is C9H17N3O. The minimum Gasteiger partial charge on any atom is -0.383 e. The van der Waals surface area contributed by atoms with E-state index in [0.29, 0.717) is 6.04 Å². The Morgan fingerprint density at radius 1 is 1.69 bits per heavy atom. The van der Waals surface area contributed by atoms with E-state index >= 15 is 0 Å². The molecule has 1 rings (SSSR count). The summed E-state index contributed by atoms with van der Waals surface area (Å²) < 4.78 is 5.01. The monoisotopic (exact) mass is 183 g/mol. The zero-order valence-electron chi connectivity index (χ0n) is 8.21. The summed E-state index contributed by atoms with van der Waals surface area (Å²) >= 11 is 0. The molecule has 4 heteroatoms. The number of H-pyrrole nitrogens is 1. The molecular weight excluding hydrogens is 166 g/mol. The van der Waals surface area contributed by atoms with Crippen LogP contribution in [0.2, 0.25) is 0 Å². The second-order valence-electron chi connectivity index (χ2n) is 3.14. The SMILES string of the molecule is COCC(C)NCCc1cnc[nH]1. The highest BCUT2D eigenvalue weighted by molar-refractivity contribution is 4.94. The highest BCUT2D eigenvalue weighted by Gasteiger charge is 1.99. The van der Waals surface area contributed by atoms with Crippen molar-refractivity contribution in [2.45, 2.75) is 19.4 Å². The first kappa shape index (κ1) is 10.2. The number of ether oxygens (including phenoxy) is 1. The Balaban J connectivity index is 2.07. The van der Waals surface area contributed by atoms with Gasteiger partial charge in [0.2, 0.25) is 0 Å². The first-order valence-electron chi connectivity index (χ1n) is 4.52. The number of hydrogen-bond acceptors (Lipinski definition) is 3. The molecule has 1 aromatic heterocycles. The first-order valence-corrected chi connectivity index (χ1v) is 4.52. The average molecular weight is 183 g/mol. The standard InChI is InChI=1S/C9H17N3O/c1-8(6-13-2)11-4-3-9-5-10-7-12-9/h5,7-8,11H,3-4,6H2,1-2H3,(H,10,12). The fourth-order valence-electron chi connectivity index (χ4n) is 1.18. The van der Waals surface area contributed by atoms with Gasteiger partial charge in [0.05, 0.1) is 12.9 Å². The second-order valence-corrected chi connectivity index (χ2v) is 3.14. The van der Waals surface area contributed by atoms with E-state index in [9.17, 15) is 0 Å². The smallest absolute Gasteiger partial charge is 0.0921 e. The highest BCUT2D eigenvalue weighted by Crippen LogP contribution is 1.91. The van der Waals surface area contributed by atoms with Crippen molar-refractivity contribution < 1.29 is 4.74 Å². The van der Waals surface area contributed by atoms with Gasteiger partial charge < -0.3 is 15.0 Å². The van der Waals surface area contributed by atoms with E-state index in [-0.39, 0.29) is 0 Å². The molecule has 2 N–H and O–H groups in total. The molecule has 0 aromatic carbocycles. The molecule has 4 nitrogen and oxygen atoms in total. The maximum absolute atomic E-state index is 5.01. The lowest BCUT2D eigenvalue weighted by Crippen LogP contribution is -2.31. The van der Waals surface area contributed by atoms with Crippen LogP contribution in [0.3, 0.4) is 0 Å². The van der Waals surface area contributed by atoms with Gasteiger partial charge in [-0.1, -0.05) is 0 Å². The van der Waals surface area contributed by atoms with Crippen LogP contribution in [0, 0.1) is 0 Å². The van der Waals surface area contributed by atoms with Crippen LogP contribution in [0.4, 0.5) is 0 Å². The van der Waals surface area contributed by atoms with Crippen LogP contribution in [0.1, 0.15) is 12.6 Å². The molecule has 0 saturated carbocycles. The van der Waals surface area contributed by atoms with Gasteiger partial charge in [0.25, 0.3) is 0 Å². The van der Waals surface area contributed by atoms with Gasteiger partial charge in [-0.2, -0.15) is 0 Å². The molecule has 0 spiro atoms. The largest absolute Gasteiger partial charge is 0.383 e. The fraction of sp³-hybridized carbons (Fsp3) is 0.667. The summed E-state index contributed by atoms with van der Waals surface area (Å²) in [4.78, 5) is 7.01. The van der Waals surface area contributed by atoms with E-state index in [1.54, 1.807) is 13.4 Å². The summed E-state index contributed by atoms with van der Waals surface area (Å²) in [6.07, 6.45) is 4.53. The lowest BCUT2D eigenvalue weighted by molar-refractivity contribution is 0.172. The molecule has 0 aliphatic carbocycles. The summed E-state index contributed by atoms with van der Waals surface area (Å²) in [6, 6.07) is 0.410. The van der Waals surface area contributed by atoms with Crippen LogP contribution in [0.15, 0.2) is 12.5 Å². The number of hydrogen-bond donors (Lipinski definition) is 2. The molecule has 0 amide bonds. The van der Waals surface area contributed by atoms with Crippen molar-refractivity contribution in [2.24, 2.45) is 0 Å². The average Bonchev–Trinajstić information content (AvgIpc) is 2.57. The normalized spacial score (nSPS) is 13.1. The van der Waals surface area contributed by atoms with Crippen molar-refractivity contribution in [3.8, 4) is 0 Å². The Morgan fingerprint density at radius 2 is 2.54 bits per heavy atom. The topological polar surface area (TPSA) is 49.9 Å². The Labute approximate surface area is 78.7 Å². The zero-order valence-corrected chi connectivity index (χ0v) is 8.21. The van der Waals surface area contributed by atoms with Gasteiger partial charge in [-0.3, -0.25) is 0 Å². The Bertz CT molecular complexity index is 211. The van der Waals surface area contributed by atoms with Crippen molar-refractivity contribution in [3.05, 3.63) is 18.2 Å². The molecule has 0 fully saturated rings. The highest BCUT2D eigenvalue weighted by atomic mass is 16.5. The van der Waals surface area contributed by atoms with E-state index in [2.05, 4.69) is 22.2 Å². The van der Waals surface area contributed by atoms with E-state index in [1.807, 2.05) is 6.20 Å². The predicted molar refractivity (Wildman–Crippen MR) is 51.6 cm³/mol. The van der Waals surface area contributed by atoms with Crippen LogP contribution < -0.4 is 5.32 Å². The third-order valence-corrected chi connectivity index (χ3v) is 1.86. The van der Waals surface area contributed by atoms with Gasteiger partial charge in [0.15, 0.2) is 0 Å². The molecule has 0 saturated heterocycles. The summed E-state index contributed by atoms with van der Waals surface area (Å²) in [5, 5.41) is 3.35. The Morgan fingerprint density at radius 3 is 3.15 bits per heavy atom. The van der Waals surface area contributed by atoms with Crippen molar-refractivity contribution in [1.82, 2.24) is 15.3 Å². The summed E-state index contributed by atoms with van der Waals surface area (Å²) in [5.74, 6) is 0. The second kappa shape index (κ2) is 5.72. The number of imidazole rings is 1. The molecule has 1 aromatic rings. The van der Waals surface area contributed by atoms with Crippen LogP contribution in [-0.2, 0) is 11.2 Å². The lowest BCUT2D eigenvalue weighted by Gasteiger charge is -2.11. The predicted octanol–water partition coefficient (Wildman–Crippen LogP) is 0.577. The molecule has 0 bridgehead atoms. The third kappa shape index (κ3) is 4.05. The molecule has 74 valence electrons. The Kier molecular flexibility index (Phi) is 4.49. The summed E-state index contributed by atoms with van der Waals surface area (Å²) in [5.41, 5.74) is 1.16. The van der Waals surface area contributed by atoms with Crippen LogP contribution in [0.5, 0.6) is 0 Å².